The Kier molecular flexibility index (Phi) is 7.82. The van der Waals surface area contributed by atoms with E-state index in [-0.39, 0.29) is 23.7 Å². The van der Waals surface area contributed by atoms with Gasteiger partial charge >= 0.3 is 5.97 Å². The normalized spacial score (nSPS) is 16.4. The lowest BCUT2D eigenvalue weighted by Gasteiger charge is -2.22. The molecule has 1 aromatic heterocycles. The van der Waals surface area contributed by atoms with E-state index in [1.807, 2.05) is 29.2 Å². The van der Waals surface area contributed by atoms with Crippen LogP contribution in [0.1, 0.15) is 39.4 Å². The van der Waals surface area contributed by atoms with Crippen LogP contribution in [0, 0.1) is 0 Å². The molecule has 0 aliphatic carbocycles. The highest BCUT2D eigenvalue weighted by Crippen LogP contribution is 2.23. The lowest BCUT2D eigenvalue weighted by atomic mass is 10.1. The van der Waals surface area contributed by atoms with Crippen molar-refractivity contribution in [2.24, 2.45) is 0 Å². The van der Waals surface area contributed by atoms with Crippen LogP contribution in [0.2, 0.25) is 5.02 Å². The van der Waals surface area contributed by atoms with Crippen molar-refractivity contribution in [1.82, 2.24) is 4.90 Å². The number of thiophene rings is 1. The van der Waals surface area contributed by atoms with Crippen LogP contribution < -0.4 is 0 Å². The number of carbonyl (C=O) groups is 3. The molecule has 1 fully saturated rings. The van der Waals surface area contributed by atoms with Gasteiger partial charge in [-0.1, -0.05) is 29.8 Å². The standard InChI is InChI=1S/C23H24ClNO4S/c1-29-23(28)21-12-11-20(30-21)3-2-14-25-18(9-13-22(25)27)8-10-19(26)15-16-4-6-17(24)7-5-16/h4-8,10-12,18H,2-3,9,13-15H2,1H3/t18-/m0/s1. The Hall–Kier alpha value is -2.44. The molecule has 0 saturated carbocycles. The third-order valence-corrected chi connectivity index (χ3v) is 6.42. The molecule has 1 saturated heterocycles. The summed E-state index contributed by atoms with van der Waals surface area (Å²) < 4.78 is 4.73. The monoisotopic (exact) mass is 445 g/mol. The molecule has 0 spiro atoms. The minimum atomic E-state index is -0.325. The molecule has 5 nitrogen and oxygen atoms in total. The van der Waals surface area contributed by atoms with Gasteiger partial charge in [0.1, 0.15) is 4.88 Å². The highest BCUT2D eigenvalue weighted by molar-refractivity contribution is 7.13. The summed E-state index contributed by atoms with van der Waals surface area (Å²) in [5.74, 6) is -0.198. The van der Waals surface area contributed by atoms with Crippen LogP contribution in [0.4, 0.5) is 0 Å². The summed E-state index contributed by atoms with van der Waals surface area (Å²) in [5.41, 5.74) is 0.913. The van der Waals surface area contributed by atoms with Gasteiger partial charge in [-0.3, -0.25) is 9.59 Å². The van der Waals surface area contributed by atoms with Gasteiger partial charge in [0.05, 0.1) is 13.2 Å². The van der Waals surface area contributed by atoms with Gasteiger partial charge in [0.15, 0.2) is 5.78 Å². The van der Waals surface area contributed by atoms with E-state index in [9.17, 15) is 14.4 Å². The highest BCUT2D eigenvalue weighted by atomic mass is 35.5. The van der Waals surface area contributed by atoms with Gasteiger partial charge in [-0.05, 0) is 55.2 Å². The maximum atomic E-state index is 12.3. The fourth-order valence-corrected chi connectivity index (χ4v) is 4.57. The van der Waals surface area contributed by atoms with E-state index in [2.05, 4.69) is 0 Å². The van der Waals surface area contributed by atoms with Crippen molar-refractivity contribution in [3.63, 3.8) is 0 Å². The summed E-state index contributed by atoms with van der Waals surface area (Å²) in [6.45, 7) is 0.630. The van der Waals surface area contributed by atoms with Crippen molar-refractivity contribution in [1.29, 1.82) is 0 Å². The molecule has 30 heavy (non-hydrogen) atoms. The van der Waals surface area contributed by atoms with Crippen LogP contribution in [-0.4, -0.2) is 42.3 Å². The summed E-state index contributed by atoms with van der Waals surface area (Å²) >= 11 is 7.29. The summed E-state index contributed by atoms with van der Waals surface area (Å²) in [6, 6.07) is 10.9. The first kappa shape index (κ1) is 22.2. The van der Waals surface area contributed by atoms with Crippen molar-refractivity contribution in [3.05, 3.63) is 68.9 Å². The zero-order chi connectivity index (χ0) is 21.5. The van der Waals surface area contributed by atoms with Crippen molar-refractivity contribution < 1.29 is 19.1 Å². The molecular weight excluding hydrogens is 422 g/mol. The SMILES string of the molecule is COC(=O)c1ccc(CCCN2C(=O)CC[C@@H]2C=CC(=O)Cc2ccc(Cl)cc2)s1. The predicted octanol–water partition coefficient (Wildman–Crippen LogP) is 4.48. The summed E-state index contributed by atoms with van der Waals surface area (Å²) in [7, 11) is 1.37. The van der Waals surface area contributed by atoms with E-state index >= 15 is 0 Å². The zero-order valence-corrected chi connectivity index (χ0v) is 18.4. The summed E-state index contributed by atoms with van der Waals surface area (Å²) in [5, 5.41) is 0.644. The minimum Gasteiger partial charge on any atom is -0.465 e. The lowest BCUT2D eigenvalue weighted by Crippen LogP contribution is -2.33. The molecule has 0 N–H and O–H groups in total. The van der Waals surface area contributed by atoms with Gasteiger partial charge in [0, 0.05) is 29.3 Å². The summed E-state index contributed by atoms with van der Waals surface area (Å²) in [6.07, 6.45) is 6.58. The van der Waals surface area contributed by atoms with Crippen molar-refractivity contribution >= 4 is 40.6 Å². The highest BCUT2D eigenvalue weighted by Gasteiger charge is 2.28. The number of rotatable bonds is 9. The molecule has 1 aromatic carbocycles. The largest absolute Gasteiger partial charge is 0.465 e. The van der Waals surface area contributed by atoms with Gasteiger partial charge in [-0.25, -0.2) is 4.79 Å². The third kappa shape index (κ3) is 6.03. The molecule has 1 aliphatic heterocycles. The number of ether oxygens (including phenoxy) is 1. The Labute approximate surface area is 185 Å². The molecule has 2 aromatic rings. The second-order valence-corrected chi connectivity index (χ2v) is 8.79. The number of likely N-dealkylation sites (tertiary alicyclic amines) is 1. The zero-order valence-electron chi connectivity index (χ0n) is 16.8. The number of esters is 1. The molecule has 1 amide bonds. The molecule has 1 atom stereocenters. The van der Waals surface area contributed by atoms with Crippen LogP contribution in [0.5, 0.6) is 0 Å². The van der Waals surface area contributed by atoms with E-state index in [0.717, 1.165) is 29.7 Å². The second-order valence-electron chi connectivity index (χ2n) is 7.18. The van der Waals surface area contributed by atoms with E-state index in [1.54, 1.807) is 24.3 Å². The average Bonchev–Trinajstić information content (AvgIpc) is 3.35. The van der Waals surface area contributed by atoms with Crippen LogP contribution in [0.3, 0.4) is 0 Å². The van der Waals surface area contributed by atoms with Crippen LogP contribution in [0.15, 0.2) is 48.6 Å². The number of ketones is 1. The lowest BCUT2D eigenvalue weighted by molar-refractivity contribution is -0.128. The number of carbonyl (C=O) groups excluding carboxylic acids is 3. The molecule has 0 bridgehead atoms. The Balaban J connectivity index is 1.50. The Morgan fingerprint density at radius 3 is 2.73 bits per heavy atom. The van der Waals surface area contributed by atoms with Crippen molar-refractivity contribution in [3.8, 4) is 0 Å². The number of nitrogens with zero attached hydrogens (tertiary/aromatic N) is 1. The van der Waals surface area contributed by atoms with Gasteiger partial charge in [-0.2, -0.15) is 0 Å². The minimum absolute atomic E-state index is 0.00514. The summed E-state index contributed by atoms with van der Waals surface area (Å²) in [4.78, 5) is 39.6. The average molecular weight is 446 g/mol. The first-order chi connectivity index (χ1) is 14.5. The Morgan fingerprint density at radius 2 is 2.00 bits per heavy atom. The smallest absolute Gasteiger partial charge is 0.348 e. The number of aryl methyl sites for hydroxylation is 1. The number of hydrogen-bond acceptors (Lipinski definition) is 5. The van der Waals surface area contributed by atoms with Gasteiger partial charge in [0.2, 0.25) is 5.91 Å². The number of methoxy groups -OCH3 is 1. The molecule has 158 valence electrons. The number of amides is 1. The van der Waals surface area contributed by atoms with E-state index in [4.69, 9.17) is 16.3 Å². The Bertz CT molecular complexity index is 935. The molecule has 2 heterocycles. The molecule has 3 rings (SSSR count). The first-order valence-corrected chi connectivity index (χ1v) is 11.1. The molecule has 0 unspecified atom stereocenters. The van der Waals surface area contributed by atoms with Gasteiger partial charge < -0.3 is 9.64 Å². The van der Waals surface area contributed by atoms with Crippen molar-refractivity contribution in [2.45, 2.75) is 38.1 Å². The van der Waals surface area contributed by atoms with Gasteiger partial charge in [-0.15, -0.1) is 11.3 Å². The number of benzene rings is 1. The third-order valence-electron chi connectivity index (χ3n) is 5.04. The van der Waals surface area contributed by atoms with E-state index in [1.165, 1.54) is 18.4 Å². The first-order valence-electron chi connectivity index (χ1n) is 9.88. The maximum Gasteiger partial charge on any atom is 0.348 e. The number of allylic oxidation sites excluding steroid dienone is 1. The van der Waals surface area contributed by atoms with Crippen LogP contribution in [-0.2, 0) is 27.2 Å². The van der Waals surface area contributed by atoms with Crippen LogP contribution >= 0.6 is 22.9 Å². The second kappa shape index (κ2) is 10.5. The Morgan fingerprint density at radius 1 is 1.23 bits per heavy atom. The van der Waals surface area contributed by atoms with E-state index in [0.29, 0.717) is 29.3 Å². The molecule has 0 radical (unpaired) electrons. The predicted molar refractivity (Wildman–Crippen MR) is 118 cm³/mol. The van der Waals surface area contributed by atoms with Gasteiger partial charge in [0.25, 0.3) is 0 Å². The quantitative estimate of drug-likeness (QED) is 0.421. The van der Waals surface area contributed by atoms with Crippen molar-refractivity contribution in [2.75, 3.05) is 13.7 Å². The molecule has 7 heteroatoms. The van der Waals surface area contributed by atoms with Crippen LogP contribution in [0.25, 0.3) is 0 Å². The topological polar surface area (TPSA) is 63.7 Å². The fourth-order valence-electron chi connectivity index (χ4n) is 3.47. The number of halogens is 1. The molecular formula is C23H24ClNO4S. The number of hydrogen-bond donors (Lipinski definition) is 0. The maximum absolute atomic E-state index is 12.3. The molecule has 1 aliphatic rings. The van der Waals surface area contributed by atoms with E-state index < -0.39 is 0 Å². The fraction of sp³-hybridized carbons (Fsp3) is 0.348.